The van der Waals surface area contributed by atoms with Crippen molar-refractivity contribution in [3.05, 3.63) is 0 Å². The van der Waals surface area contributed by atoms with Crippen LogP contribution in [0.1, 0.15) is 25.7 Å². The van der Waals surface area contributed by atoms with E-state index in [1.165, 1.54) is 38.8 Å². The predicted molar refractivity (Wildman–Crippen MR) is 52.6 cm³/mol. The van der Waals surface area contributed by atoms with Gasteiger partial charge in [-0.15, -0.1) is 11.6 Å². The van der Waals surface area contributed by atoms with E-state index in [0.29, 0.717) is 0 Å². The van der Waals surface area contributed by atoms with Crippen molar-refractivity contribution in [1.82, 2.24) is 4.90 Å². The van der Waals surface area contributed by atoms with Crippen LogP contribution < -0.4 is 0 Å². The Morgan fingerprint density at radius 2 is 1.67 bits per heavy atom. The molecule has 0 spiro atoms. The first-order chi connectivity index (χ1) is 5.90. The van der Waals surface area contributed by atoms with Gasteiger partial charge in [0.25, 0.3) is 0 Å². The Balaban J connectivity index is 1.85. The van der Waals surface area contributed by atoms with Gasteiger partial charge in [-0.25, -0.2) is 0 Å². The summed E-state index contributed by atoms with van der Waals surface area (Å²) in [5, 5.41) is 0. The van der Waals surface area contributed by atoms with Crippen molar-refractivity contribution in [2.24, 2.45) is 11.8 Å². The average molecular weight is 188 g/mol. The van der Waals surface area contributed by atoms with Crippen LogP contribution in [0.2, 0.25) is 0 Å². The maximum atomic E-state index is 5.74. The first-order valence-corrected chi connectivity index (χ1v) is 5.72. The molecule has 0 radical (unpaired) electrons. The molecule has 0 aromatic carbocycles. The molecular formula is C10H18ClN. The lowest BCUT2D eigenvalue weighted by Gasteiger charge is -2.23. The minimum atomic E-state index is 0.805. The summed E-state index contributed by atoms with van der Waals surface area (Å²) in [6, 6.07) is 0. The normalized spacial score (nSPS) is 36.8. The monoisotopic (exact) mass is 187 g/mol. The highest BCUT2D eigenvalue weighted by molar-refractivity contribution is 6.18. The molecule has 70 valence electrons. The van der Waals surface area contributed by atoms with Gasteiger partial charge in [-0.05, 0) is 24.7 Å². The largest absolute Gasteiger partial charge is 0.302 e. The molecule has 1 aliphatic heterocycles. The zero-order valence-electron chi connectivity index (χ0n) is 7.64. The van der Waals surface area contributed by atoms with E-state index in [2.05, 4.69) is 4.90 Å². The lowest BCUT2D eigenvalue weighted by atomic mass is 9.82. The third-order valence-corrected chi connectivity index (χ3v) is 3.62. The predicted octanol–water partition coefficient (Wildman–Crippen LogP) is 2.35. The lowest BCUT2D eigenvalue weighted by molar-refractivity contribution is 0.299. The van der Waals surface area contributed by atoms with Crippen molar-refractivity contribution in [1.29, 1.82) is 0 Å². The van der Waals surface area contributed by atoms with Crippen LogP contribution in [-0.2, 0) is 0 Å². The van der Waals surface area contributed by atoms with E-state index in [1.807, 2.05) is 0 Å². The van der Waals surface area contributed by atoms with Crippen LogP contribution >= 0.6 is 11.6 Å². The molecule has 12 heavy (non-hydrogen) atoms. The van der Waals surface area contributed by atoms with Gasteiger partial charge in [0.05, 0.1) is 0 Å². The molecule has 2 heteroatoms. The number of alkyl halides is 1. The Morgan fingerprint density at radius 1 is 1.08 bits per heavy atom. The quantitative estimate of drug-likeness (QED) is 0.600. The summed E-state index contributed by atoms with van der Waals surface area (Å²) >= 11 is 5.74. The molecule has 1 aliphatic carbocycles. The number of hydrogen-bond donors (Lipinski definition) is 0. The summed E-state index contributed by atoms with van der Waals surface area (Å²) in [6.45, 7) is 3.77. The highest BCUT2D eigenvalue weighted by atomic mass is 35.5. The second-order valence-corrected chi connectivity index (χ2v) is 4.63. The standard InChI is InChI=1S/C10H18ClN/c11-5-6-12-7-9-3-1-2-4-10(9)8-12/h9-10H,1-8H2/t9-,10+. The highest BCUT2D eigenvalue weighted by Gasteiger charge is 2.33. The summed E-state index contributed by atoms with van der Waals surface area (Å²) < 4.78 is 0. The minimum absolute atomic E-state index is 0.805. The molecule has 1 nitrogen and oxygen atoms in total. The van der Waals surface area contributed by atoms with Gasteiger partial charge in [0.2, 0.25) is 0 Å². The van der Waals surface area contributed by atoms with E-state index in [9.17, 15) is 0 Å². The number of likely N-dealkylation sites (tertiary alicyclic amines) is 1. The number of nitrogens with zero attached hydrogens (tertiary/aromatic N) is 1. The third kappa shape index (κ3) is 1.77. The highest BCUT2D eigenvalue weighted by Crippen LogP contribution is 2.35. The van der Waals surface area contributed by atoms with Crippen molar-refractivity contribution in [2.75, 3.05) is 25.5 Å². The third-order valence-electron chi connectivity index (χ3n) is 3.45. The molecule has 2 aliphatic rings. The molecular weight excluding hydrogens is 170 g/mol. The van der Waals surface area contributed by atoms with E-state index in [4.69, 9.17) is 11.6 Å². The van der Waals surface area contributed by atoms with Gasteiger partial charge in [-0.1, -0.05) is 12.8 Å². The van der Waals surface area contributed by atoms with E-state index in [0.717, 1.165) is 24.3 Å². The maximum absolute atomic E-state index is 5.74. The molecule has 2 fully saturated rings. The van der Waals surface area contributed by atoms with Crippen LogP contribution in [0.25, 0.3) is 0 Å². The molecule has 0 amide bonds. The van der Waals surface area contributed by atoms with Crippen LogP contribution in [0.15, 0.2) is 0 Å². The smallest absolute Gasteiger partial charge is 0.0351 e. The molecule has 2 rings (SSSR count). The molecule has 2 atom stereocenters. The van der Waals surface area contributed by atoms with E-state index < -0.39 is 0 Å². The summed E-state index contributed by atoms with van der Waals surface area (Å²) in [5.41, 5.74) is 0. The molecule has 0 bridgehead atoms. The second kappa shape index (κ2) is 3.97. The first kappa shape index (κ1) is 8.83. The van der Waals surface area contributed by atoms with E-state index in [1.54, 1.807) is 0 Å². The Morgan fingerprint density at radius 3 is 2.17 bits per heavy atom. The fourth-order valence-electron chi connectivity index (χ4n) is 2.81. The Labute approximate surface area is 80.1 Å². The summed E-state index contributed by atoms with van der Waals surface area (Å²) in [5.74, 6) is 2.84. The summed E-state index contributed by atoms with van der Waals surface area (Å²) in [6.07, 6.45) is 5.89. The summed E-state index contributed by atoms with van der Waals surface area (Å²) in [7, 11) is 0. The van der Waals surface area contributed by atoms with Crippen LogP contribution in [0.4, 0.5) is 0 Å². The molecule has 0 aromatic heterocycles. The Hall–Kier alpha value is 0.250. The first-order valence-electron chi connectivity index (χ1n) is 5.18. The van der Waals surface area contributed by atoms with Crippen molar-refractivity contribution >= 4 is 11.6 Å². The van der Waals surface area contributed by atoms with Crippen molar-refractivity contribution in [2.45, 2.75) is 25.7 Å². The van der Waals surface area contributed by atoms with Crippen molar-refractivity contribution in [3.8, 4) is 0 Å². The van der Waals surface area contributed by atoms with Crippen molar-refractivity contribution < 1.29 is 0 Å². The van der Waals surface area contributed by atoms with Crippen LogP contribution in [0.3, 0.4) is 0 Å². The topological polar surface area (TPSA) is 3.24 Å². The van der Waals surface area contributed by atoms with Gasteiger partial charge in [0.1, 0.15) is 0 Å². The molecule has 1 saturated heterocycles. The average Bonchev–Trinajstić information content (AvgIpc) is 2.47. The van der Waals surface area contributed by atoms with Crippen LogP contribution in [0, 0.1) is 11.8 Å². The Kier molecular flexibility index (Phi) is 2.92. The zero-order chi connectivity index (χ0) is 8.39. The molecule has 1 heterocycles. The van der Waals surface area contributed by atoms with Gasteiger partial charge in [-0.3, -0.25) is 0 Å². The van der Waals surface area contributed by atoms with Gasteiger partial charge in [0, 0.05) is 25.5 Å². The fourth-order valence-corrected chi connectivity index (χ4v) is 3.04. The zero-order valence-corrected chi connectivity index (χ0v) is 8.39. The molecule has 0 N–H and O–H groups in total. The Bertz CT molecular complexity index is 135. The number of rotatable bonds is 2. The number of hydrogen-bond acceptors (Lipinski definition) is 1. The molecule has 0 unspecified atom stereocenters. The van der Waals surface area contributed by atoms with Gasteiger partial charge in [0.15, 0.2) is 0 Å². The van der Waals surface area contributed by atoms with Crippen LogP contribution in [-0.4, -0.2) is 30.4 Å². The van der Waals surface area contributed by atoms with Crippen LogP contribution in [0.5, 0.6) is 0 Å². The maximum Gasteiger partial charge on any atom is 0.0351 e. The number of halogens is 1. The fraction of sp³-hybridized carbons (Fsp3) is 1.00. The van der Waals surface area contributed by atoms with E-state index >= 15 is 0 Å². The molecule has 0 aromatic rings. The van der Waals surface area contributed by atoms with Crippen molar-refractivity contribution in [3.63, 3.8) is 0 Å². The van der Waals surface area contributed by atoms with E-state index in [-0.39, 0.29) is 0 Å². The number of fused-ring (bicyclic) bond motifs is 1. The SMILES string of the molecule is ClCCN1C[C@H]2CCCC[C@H]2C1. The second-order valence-electron chi connectivity index (χ2n) is 4.25. The van der Waals surface area contributed by atoms with Gasteiger partial charge >= 0.3 is 0 Å². The lowest BCUT2D eigenvalue weighted by Crippen LogP contribution is -2.22. The van der Waals surface area contributed by atoms with Gasteiger partial charge in [-0.2, -0.15) is 0 Å². The molecule has 1 saturated carbocycles. The van der Waals surface area contributed by atoms with Gasteiger partial charge < -0.3 is 4.90 Å². The summed E-state index contributed by atoms with van der Waals surface area (Å²) in [4.78, 5) is 2.55. The minimum Gasteiger partial charge on any atom is -0.302 e.